The molecule has 2 aliphatic heterocycles. The molecule has 0 spiro atoms. The summed E-state index contributed by atoms with van der Waals surface area (Å²) in [5.74, 6) is 0.626. The Morgan fingerprint density at radius 2 is 1.72 bits per heavy atom. The third-order valence-corrected chi connectivity index (χ3v) is 7.04. The Morgan fingerprint density at radius 3 is 2.34 bits per heavy atom. The third kappa shape index (κ3) is 3.66. The number of nitrogens with zero attached hydrogens (tertiary/aromatic N) is 3. The standard InChI is InChI=1S/C21H21N3O4S/c1-2-28-18-9-7-17(8-10-18)24-20-14-29(26,27)13-19(20)23(21(24)25)12-16-5-3-15(11-22)4-6-16/h3-10,19-20H,2,12-14H2,1H3/t19-,20+/m1/s1. The van der Waals surface area contributed by atoms with Crippen molar-refractivity contribution >= 4 is 21.6 Å². The van der Waals surface area contributed by atoms with Crippen LogP contribution in [0.2, 0.25) is 0 Å². The van der Waals surface area contributed by atoms with Gasteiger partial charge in [-0.05, 0) is 48.9 Å². The number of amides is 2. The van der Waals surface area contributed by atoms with Crippen molar-refractivity contribution in [3.05, 3.63) is 59.7 Å². The lowest BCUT2D eigenvalue weighted by atomic mass is 10.1. The smallest absolute Gasteiger partial charge is 0.325 e. The zero-order valence-corrected chi connectivity index (χ0v) is 16.8. The molecule has 2 aromatic rings. The summed E-state index contributed by atoms with van der Waals surface area (Å²) >= 11 is 0. The summed E-state index contributed by atoms with van der Waals surface area (Å²) in [5, 5.41) is 8.95. The minimum absolute atomic E-state index is 0.0345. The molecular formula is C21H21N3O4S. The van der Waals surface area contributed by atoms with Gasteiger partial charge in [0.1, 0.15) is 5.75 Å². The minimum atomic E-state index is -3.23. The van der Waals surface area contributed by atoms with Gasteiger partial charge >= 0.3 is 6.03 Å². The van der Waals surface area contributed by atoms with Gasteiger partial charge in [-0.1, -0.05) is 12.1 Å². The molecule has 150 valence electrons. The minimum Gasteiger partial charge on any atom is -0.494 e. The van der Waals surface area contributed by atoms with Crippen molar-refractivity contribution in [2.45, 2.75) is 25.6 Å². The highest BCUT2D eigenvalue weighted by Crippen LogP contribution is 2.36. The fraction of sp³-hybridized carbons (Fsp3) is 0.333. The zero-order valence-electron chi connectivity index (χ0n) is 16.0. The molecule has 0 bridgehead atoms. The average molecular weight is 411 g/mol. The van der Waals surface area contributed by atoms with Crippen LogP contribution in [0.4, 0.5) is 10.5 Å². The molecule has 0 radical (unpaired) electrons. The van der Waals surface area contributed by atoms with E-state index in [1.807, 2.05) is 6.92 Å². The first kappa shape index (κ1) is 19.3. The van der Waals surface area contributed by atoms with Gasteiger partial charge in [0, 0.05) is 12.2 Å². The van der Waals surface area contributed by atoms with Crippen LogP contribution in [-0.2, 0) is 16.4 Å². The lowest BCUT2D eigenvalue weighted by Gasteiger charge is -2.23. The Bertz CT molecular complexity index is 1060. The number of sulfone groups is 1. The largest absolute Gasteiger partial charge is 0.494 e. The summed E-state index contributed by atoms with van der Waals surface area (Å²) in [6, 6.07) is 15.2. The van der Waals surface area contributed by atoms with Gasteiger partial charge < -0.3 is 9.64 Å². The van der Waals surface area contributed by atoms with Gasteiger partial charge in [0.15, 0.2) is 9.84 Å². The van der Waals surface area contributed by atoms with Crippen LogP contribution in [0.1, 0.15) is 18.1 Å². The molecule has 2 aromatic carbocycles. The number of benzene rings is 2. The van der Waals surface area contributed by atoms with Gasteiger partial charge in [-0.25, -0.2) is 13.2 Å². The monoisotopic (exact) mass is 411 g/mol. The highest BCUT2D eigenvalue weighted by atomic mass is 32.2. The maximum Gasteiger partial charge on any atom is 0.325 e. The number of ether oxygens (including phenoxy) is 1. The summed E-state index contributed by atoms with van der Waals surface area (Å²) in [5.41, 5.74) is 2.06. The van der Waals surface area contributed by atoms with Crippen molar-refractivity contribution in [2.75, 3.05) is 23.0 Å². The maximum atomic E-state index is 13.2. The molecule has 0 aromatic heterocycles. The molecule has 4 rings (SSSR count). The van der Waals surface area contributed by atoms with Crippen LogP contribution in [-0.4, -0.2) is 49.5 Å². The van der Waals surface area contributed by atoms with Gasteiger partial charge in [0.2, 0.25) is 0 Å². The number of hydrogen-bond acceptors (Lipinski definition) is 5. The molecule has 8 heteroatoms. The van der Waals surface area contributed by atoms with Crippen LogP contribution in [0, 0.1) is 11.3 Å². The number of urea groups is 1. The van der Waals surface area contributed by atoms with E-state index in [0.717, 1.165) is 5.56 Å². The molecule has 0 unspecified atom stereocenters. The molecule has 2 atom stereocenters. The van der Waals surface area contributed by atoms with Crippen molar-refractivity contribution in [2.24, 2.45) is 0 Å². The molecule has 0 N–H and O–H groups in total. The Morgan fingerprint density at radius 1 is 1.07 bits per heavy atom. The van der Waals surface area contributed by atoms with Crippen molar-refractivity contribution in [3.63, 3.8) is 0 Å². The van der Waals surface area contributed by atoms with Gasteiger partial charge in [-0.2, -0.15) is 5.26 Å². The van der Waals surface area contributed by atoms with Crippen LogP contribution >= 0.6 is 0 Å². The second kappa shape index (κ2) is 7.41. The number of hydrogen-bond donors (Lipinski definition) is 0. The number of carbonyl (C=O) groups is 1. The van der Waals surface area contributed by atoms with Gasteiger partial charge in [0.05, 0.1) is 41.8 Å². The number of rotatable bonds is 5. The average Bonchev–Trinajstić information content (AvgIpc) is 3.14. The molecule has 2 saturated heterocycles. The van der Waals surface area contributed by atoms with E-state index in [-0.39, 0.29) is 17.5 Å². The van der Waals surface area contributed by atoms with E-state index in [0.29, 0.717) is 30.2 Å². The van der Waals surface area contributed by atoms with Crippen LogP contribution in [0.15, 0.2) is 48.5 Å². The van der Waals surface area contributed by atoms with Crippen molar-refractivity contribution in [1.82, 2.24) is 4.90 Å². The first-order valence-corrected chi connectivity index (χ1v) is 11.3. The van der Waals surface area contributed by atoms with Gasteiger partial charge in [-0.3, -0.25) is 4.90 Å². The lowest BCUT2D eigenvalue weighted by Crippen LogP contribution is -2.37. The van der Waals surface area contributed by atoms with Crippen molar-refractivity contribution in [3.8, 4) is 11.8 Å². The predicted molar refractivity (Wildman–Crippen MR) is 108 cm³/mol. The topological polar surface area (TPSA) is 90.7 Å². The quantitative estimate of drug-likeness (QED) is 0.706. The van der Waals surface area contributed by atoms with E-state index in [2.05, 4.69) is 6.07 Å². The zero-order chi connectivity index (χ0) is 20.6. The van der Waals surface area contributed by atoms with Crippen molar-refractivity contribution < 1.29 is 17.9 Å². The lowest BCUT2D eigenvalue weighted by molar-refractivity contribution is 0.206. The van der Waals surface area contributed by atoms with Crippen LogP contribution in [0.25, 0.3) is 0 Å². The Hall–Kier alpha value is -3.05. The van der Waals surface area contributed by atoms with Crippen LogP contribution < -0.4 is 9.64 Å². The van der Waals surface area contributed by atoms with Gasteiger partial charge in [0.25, 0.3) is 0 Å². The van der Waals surface area contributed by atoms with E-state index in [1.54, 1.807) is 58.3 Å². The Balaban J connectivity index is 1.64. The summed E-state index contributed by atoms with van der Waals surface area (Å²) in [6.07, 6.45) is 0. The number of fused-ring (bicyclic) bond motifs is 1. The molecule has 7 nitrogen and oxygen atoms in total. The Labute approximate surface area is 170 Å². The second-order valence-electron chi connectivity index (χ2n) is 7.23. The predicted octanol–water partition coefficient (Wildman–Crippen LogP) is 2.56. The summed E-state index contributed by atoms with van der Waals surface area (Å²) in [4.78, 5) is 16.5. The van der Waals surface area contributed by atoms with E-state index in [4.69, 9.17) is 10.00 Å². The molecule has 2 fully saturated rings. The molecule has 2 amide bonds. The summed E-state index contributed by atoms with van der Waals surface area (Å²) in [6.45, 7) is 2.74. The first-order chi connectivity index (χ1) is 13.9. The fourth-order valence-electron chi connectivity index (χ4n) is 4.01. The number of carbonyl (C=O) groups excluding carboxylic acids is 1. The molecule has 0 saturated carbocycles. The fourth-order valence-corrected chi connectivity index (χ4v) is 5.96. The molecule has 2 heterocycles. The summed E-state index contributed by atoms with van der Waals surface area (Å²) < 4.78 is 30.1. The number of nitriles is 1. The van der Waals surface area contributed by atoms with E-state index >= 15 is 0 Å². The maximum absolute atomic E-state index is 13.2. The summed E-state index contributed by atoms with van der Waals surface area (Å²) in [7, 11) is -3.23. The van der Waals surface area contributed by atoms with Crippen LogP contribution in [0.5, 0.6) is 5.75 Å². The normalized spacial score (nSPS) is 22.4. The molecule has 2 aliphatic rings. The highest BCUT2D eigenvalue weighted by Gasteiger charge is 2.53. The third-order valence-electron chi connectivity index (χ3n) is 5.34. The molecule has 29 heavy (non-hydrogen) atoms. The molecule has 0 aliphatic carbocycles. The SMILES string of the molecule is CCOc1ccc(N2C(=O)N(Cc3ccc(C#N)cc3)[C@@H]3CS(=O)(=O)C[C@@H]32)cc1. The van der Waals surface area contributed by atoms with E-state index in [9.17, 15) is 13.2 Å². The number of anilines is 1. The first-order valence-electron chi connectivity index (χ1n) is 9.44. The van der Waals surface area contributed by atoms with E-state index in [1.165, 1.54) is 0 Å². The Kier molecular flexibility index (Phi) is 4.92. The van der Waals surface area contributed by atoms with E-state index < -0.39 is 21.9 Å². The van der Waals surface area contributed by atoms with Crippen LogP contribution in [0.3, 0.4) is 0 Å². The van der Waals surface area contributed by atoms with Crippen molar-refractivity contribution in [1.29, 1.82) is 5.26 Å². The molecular weight excluding hydrogens is 390 g/mol. The van der Waals surface area contributed by atoms with Gasteiger partial charge in [-0.15, -0.1) is 0 Å². The highest BCUT2D eigenvalue weighted by molar-refractivity contribution is 7.91. The second-order valence-corrected chi connectivity index (χ2v) is 9.38.